The van der Waals surface area contributed by atoms with Gasteiger partial charge in [0.1, 0.15) is 6.10 Å². The minimum absolute atomic E-state index is 0.622. The van der Waals surface area contributed by atoms with Gasteiger partial charge in [-0.15, -0.1) is 0 Å². The molecule has 0 fully saturated rings. The highest BCUT2D eigenvalue weighted by atomic mass is 79.9. The second-order valence-corrected chi connectivity index (χ2v) is 5.29. The average Bonchev–Trinajstić information content (AvgIpc) is 2.32. The standard InChI is InChI=1S/C14H12BrClO/c1-9-7-11(5-6-13(9)16)14(17)10-3-2-4-12(15)8-10/h2-8,14,17H,1H3/t14-/m1/s1. The van der Waals surface area contributed by atoms with Crippen molar-refractivity contribution in [3.63, 3.8) is 0 Å². The molecule has 2 aromatic carbocycles. The minimum atomic E-state index is -0.622. The predicted octanol–water partition coefficient (Wildman–Crippen LogP) is 4.49. The quantitative estimate of drug-likeness (QED) is 0.866. The highest BCUT2D eigenvalue weighted by Crippen LogP contribution is 2.27. The summed E-state index contributed by atoms with van der Waals surface area (Å²) in [6.07, 6.45) is -0.622. The molecule has 0 radical (unpaired) electrons. The first-order chi connectivity index (χ1) is 8.08. The maximum atomic E-state index is 10.3. The number of hydrogen-bond acceptors (Lipinski definition) is 1. The summed E-state index contributed by atoms with van der Waals surface area (Å²) in [4.78, 5) is 0. The van der Waals surface area contributed by atoms with E-state index in [0.29, 0.717) is 0 Å². The predicted molar refractivity (Wildman–Crippen MR) is 74.4 cm³/mol. The second kappa shape index (κ2) is 5.21. The molecule has 1 nitrogen and oxygen atoms in total. The number of aliphatic hydroxyl groups is 1. The van der Waals surface area contributed by atoms with Crippen LogP contribution >= 0.6 is 27.5 Å². The summed E-state index contributed by atoms with van der Waals surface area (Å²) in [7, 11) is 0. The van der Waals surface area contributed by atoms with E-state index < -0.39 is 6.10 Å². The lowest BCUT2D eigenvalue weighted by Crippen LogP contribution is -1.99. The van der Waals surface area contributed by atoms with Crippen molar-refractivity contribution < 1.29 is 5.11 Å². The highest BCUT2D eigenvalue weighted by molar-refractivity contribution is 9.10. The van der Waals surface area contributed by atoms with Crippen molar-refractivity contribution in [1.29, 1.82) is 0 Å². The Morgan fingerprint density at radius 2 is 1.82 bits per heavy atom. The first kappa shape index (κ1) is 12.6. The average molecular weight is 312 g/mol. The van der Waals surface area contributed by atoms with E-state index in [4.69, 9.17) is 11.6 Å². The molecular weight excluding hydrogens is 300 g/mol. The normalized spacial score (nSPS) is 12.5. The summed E-state index contributed by atoms with van der Waals surface area (Å²) in [5.74, 6) is 0. The van der Waals surface area contributed by atoms with Crippen LogP contribution in [0.2, 0.25) is 5.02 Å². The van der Waals surface area contributed by atoms with Crippen molar-refractivity contribution in [2.24, 2.45) is 0 Å². The lowest BCUT2D eigenvalue weighted by Gasteiger charge is -2.13. The van der Waals surface area contributed by atoms with Crippen molar-refractivity contribution in [2.75, 3.05) is 0 Å². The summed E-state index contributed by atoms with van der Waals surface area (Å²) in [5, 5.41) is 11.0. The third-order valence-electron chi connectivity index (χ3n) is 2.66. The van der Waals surface area contributed by atoms with E-state index in [2.05, 4.69) is 15.9 Å². The molecule has 0 unspecified atom stereocenters. The smallest absolute Gasteiger partial charge is 0.104 e. The van der Waals surface area contributed by atoms with Gasteiger partial charge in [0.2, 0.25) is 0 Å². The molecule has 2 aromatic rings. The zero-order chi connectivity index (χ0) is 12.4. The van der Waals surface area contributed by atoms with Crippen LogP contribution in [0.3, 0.4) is 0 Å². The number of aryl methyl sites for hydroxylation is 1. The van der Waals surface area contributed by atoms with Gasteiger partial charge in [0, 0.05) is 9.50 Å². The van der Waals surface area contributed by atoms with E-state index in [9.17, 15) is 5.11 Å². The summed E-state index contributed by atoms with van der Waals surface area (Å²) < 4.78 is 0.958. The molecule has 0 aliphatic rings. The van der Waals surface area contributed by atoms with Gasteiger partial charge in [-0.2, -0.15) is 0 Å². The van der Waals surface area contributed by atoms with Gasteiger partial charge >= 0.3 is 0 Å². The van der Waals surface area contributed by atoms with Gasteiger partial charge in [-0.25, -0.2) is 0 Å². The molecule has 0 saturated carbocycles. The molecule has 0 amide bonds. The van der Waals surface area contributed by atoms with Crippen LogP contribution in [0.5, 0.6) is 0 Å². The number of hydrogen-bond donors (Lipinski definition) is 1. The van der Waals surface area contributed by atoms with Crippen LogP contribution in [0.1, 0.15) is 22.8 Å². The van der Waals surface area contributed by atoms with Gasteiger partial charge in [-0.05, 0) is 41.8 Å². The lowest BCUT2D eigenvalue weighted by atomic mass is 10.0. The van der Waals surface area contributed by atoms with Crippen molar-refractivity contribution in [3.05, 3.63) is 68.7 Å². The van der Waals surface area contributed by atoms with Crippen molar-refractivity contribution >= 4 is 27.5 Å². The van der Waals surface area contributed by atoms with E-state index in [1.165, 1.54) is 0 Å². The Kier molecular flexibility index (Phi) is 3.87. The Morgan fingerprint density at radius 3 is 2.47 bits per heavy atom. The Bertz CT molecular complexity index is 539. The van der Waals surface area contributed by atoms with Crippen LogP contribution < -0.4 is 0 Å². The van der Waals surface area contributed by atoms with Gasteiger partial charge in [0.15, 0.2) is 0 Å². The van der Waals surface area contributed by atoms with Crippen LogP contribution in [-0.4, -0.2) is 5.11 Å². The van der Waals surface area contributed by atoms with E-state index >= 15 is 0 Å². The number of halogens is 2. The molecule has 0 spiro atoms. The summed E-state index contributed by atoms with van der Waals surface area (Å²) in [5.41, 5.74) is 2.68. The van der Waals surface area contributed by atoms with Crippen LogP contribution in [0.25, 0.3) is 0 Å². The Balaban J connectivity index is 2.36. The Morgan fingerprint density at radius 1 is 1.12 bits per heavy atom. The molecule has 0 aliphatic carbocycles. The monoisotopic (exact) mass is 310 g/mol. The molecular formula is C14H12BrClO. The van der Waals surface area contributed by atoms with Crippen molar-refractivity contribution in [1.82, 2.24) is 0 Å². The Hall–Kier alpha value is -0.830. The third kappa shape index (κ3) is 2.89. The van der Waals surface area contributed by atoms with Crippen LogP contribution in [0, 0.1) is 6.92 Å². The molecule has 1 N–H and O–H groups in total. The minimum Gasteiger partial charge on any atom is -0.384 e. The molecule has 0 heterocycles. The fourth-order valence-electron chi connectivity index (χ4n) is 1.71. The largest absolute Gasteiger partial charge is 0.384 e. The molecule has 0 bridgehead atoms. The van der Waals surface area contributed by atoms with Crippen molar-refractivity contribution in [3.8, 4) is 0 Å². The number of rotatable bonds is 2. The van der Waals surface area contributed by atoms with E-state index in [1.54, 1.807) is 0 Å². The van der Waals surface area contributed by atoms with E-state index in [1.807, 2.05) is 49.4 Å². The maximum absolute atomic E-state index is 10.3. The van der Waals surface area contributed by atoms with Gasteiger partial charge in [0.25, 0.3) is 0 Å². The lowest BCUT2D eigenvalue weighted by molar-refractivity contribution is 0.220. The second-order valence-electron chi connectivity index (χ2n) is 3.97. The topological polar surface area (TPSA) is 20.2 Å². The van der Waals surface area contributed by atoms with E-state index in [-0.39, 0.29) is 0 Å². The molecule has 2 rings (SSSR count). The first-order valence-electron chi connectivity index (χ1n) is 5.27. The maximum Gasteiger partial charge on any atom is 0.104 e. The van der Waals surface area contributed by atoms with E-state index in [0.717, 1.165) is 26.2 Å². The fourth-order valence-corrected chi connectivity index (χ4v) is 2.24. The summed E-state index contributed by atoms with van der Waals surface area (Å²) >= 11 is 9.36. The third-order valence-corrected chi connectivity index (χ3v) is 3.58. The molecule has 0 saturated heterocycles. The summed E-state index contributed by atoms with van der Waals surface area (Å²) in [6.45, 7) is 1.93. The highest BCUT2D eigenvalue weighted by Gasteiger charge is 2.11. The zero-order valence-electron chi connectivity index (χ0n) is 9.32. The number of aliphatic hydroxyl groups excluding tert-OH is 1. The molecule has 3 heteroatoms. The van der Waals surface area contributed by atoms with Crippen LogP contribution in [0.4, 0.5) is 0 Å². The Labute approximate surface area is 114 Å². The van der Waals surface area contributed by atoms with Gasteiger partial charge in [0.05, 0.1) is 0 Å². The zero-order valence-corrected chi connectivity index (χ0v) is 11.7. The SMILES string of the molecule is Cc1cc([C@H](O)c2cccc(Br)c2)ccc1Cl. The molecule has 0 aliphatic heterocycles. The summed E-state index contributed by atoms with van der Waals surface area (Å²) in [6, 6.07) is 13.2. The van der Waals surface area contributed by atoms with Gasteiger partial charge in [-0.3, -0.25) is 0 Å². The van der Waals surface area contributed by atoms with Crippen molar-refractivity contribution in [2.45, 2.75) is 13.0 Å². The van der Waals surface area contributed by atoms with Gasteiger partial charge in [-0.1, -0.05) is 51.8 Å². The van der Waals surface area contributed by atoms with Gasteiger partial charge < -0.3 is 5.11 Å². The molecule has 17 heavy (non-hydrogen) atoms. The molecule has 88 valence electrons. The molecule has 0 aromatic heterocycles. The van der Waals surface area contributed by atoms with Crippen LogP contribution in [-0.2, 0) is 0 Å². The fraction of sp³-hybridized carbons (Fsp3) is 0.143. The molecule has 1 atom stereocenters. The van der Waals surface area contributed by atoms with Crippen LogP contribution in [0.15, 0.2) is 46.9 Å². The number of benzene rings is 2. The first-order valence-corrected chi connectivity index (χ1v) is 6.44.